The molecule has 0 radical (unpaired) electrons. The van der Waals surface area contributed by atoms with Crippen molar-refractivity contribution >= 4 is 23.4 Å². The Balaban J connectivity index is 1.07. The first kappa shape index (κ1) is 29.5. The molecule has 2 fully saturated rings. The second-order valence-corrected chi connectivity index (χ2v) is 13.4. The third-order valence-corrected chi connectivity index (χ3v) is 8.80. The molecule has 9 nitrogen and oxygen atoms in total. The zero-order valence-corrected chi connectivity index (χ0v) is 26.2. The number of carbonyl (C=O) groups is 2. The van der Waals surface area contributed by atoms with Crippen molar-refractivity contribution in [2.75, 3.05) is 10.6 Å². The quantitative estimate of drug-likeness (QED) is 0.255. The lowest BCUT2D eigenvalue weighted by molar-refractivity contribution is 0.0518. The first-order chi connectivity index (χ1) is 21.0. The molecule has 2 unspecified atom stereocenters. The molecule has 2 aromatic heterocycles. The number of amides is 3. The molecular formula is C35H41N7O2. The Morgan fingerprint density at radius 3 is 2.18 bits per heavy atom. The van der Waals surface area contributed by atoms with E-state index in [1.54, 1.807) is 17.1 Å². The fraction of sp³-hybridized carbons (Fsp3) is 0.400. The van der Waals surface area contributed by atoms with Crippen LogP contribution in [0.3, 0.4) is 0 Å². The Morgan fingerprint density at radius 2 is 1.57 bits per heavy atom. The van der Waals surface area contributed by atoms with E-state index >= 15 is 0 Å². The lowest BCUT2D eigenvalue weighted by Crippen LogP contribution is -2.47. The van der Waals surface area contributed by atoms with Crippen LogP contribution < -0.4 is 10.6 Å². The molecule has 9 heteroatoms. The fourth-order valence-electron chi connectivity index (χ4n) is 6.48. The summed E-state index contributed by atoms with van der Waals surface area (Å²) in [6.45, 7) is 10.2. The zero-order chi connectivity index (χ0) is 31.0. The number of piperidine rings is 1. The van der Waals surface area contributed by atoms with Crippen LogP contribution in [0.4, 0.5) is 16.3 Å². The Hall–Kier alpha value is -4.53. The molecule has 3 amide bonds. The van der Waals surface area contributed by atoms with Crippen molar-refractivity contribution in [1.29, 1.82) is 0 Å². The first-order valence-electron chi connectivity index (χ1n) is 15.5. The minimum absolute atomic E-state index is 0.00806. The van der Waals surface area contributed by atoms with Crippen LogP contribution in [-0.2, 0) is 11.8 Å². The van der Waals surface area contributed by atoms with Crippen molar-refractivity contribution in [3.63, 3.8) is 0 Å². The molecule has 2 N–H and O–H groups in total. The highest BCUT2D eigenvalue weighted by Crippen LogP contribution is 2.40. The van der Waals surface area contributed by atoms with Crippen molar-refractivity contribution in [3.8, 4) is 5.69 Å². The number of hydrogen-bond donors (Lipinski definition) is 2. The second-order valence-electron chi connectivity index (χ2n) is 13.4. The summed E-state index contributed by atoms with van der Waals surface area (Å²) < 4.78 is 1.78. The van der Waals surface area contributed by atoms with Crippen molar-refractivity contribution in [2.24, 2.45) is 5.92 Å². The van der Waals surface area contributed by atoms with Gasteiger partial charge in [-0.15, -0.1) is 0 Å². The second kappa shape index (κ2) is 11.9. The van der Waals surface area contributed by atoms with Crippen LogP contribution in [0.5, 0.6) is 0 Å². The van der Waals surface area contributed by atoms with Gasteiger partial charge in [-0.3, -0.25) is 15.1 Å². The fourth-order valence-corrected chi connectivity index (χ4v) is 6.48. The Morgan fingerprint density at radius 1 is 0.886 bits per heavy atom. The molecule has 44 heavy (non-hydrogen) atoms. The minimum Gasteiger partial charge on any atom is -0.331 e. The van der Waals surface area contributed by atoms with E-state index in [2.05, 4.69) is 58.4 Å². The molecule has 4 heterocycles. The van der Waals surface area contributed by atoms with Gasteiger partial charge in [0, 0.05) is 35.4 Å². The summed E-state index contributed by atoms with van der Waals surface area (Å²) >= 11 is 0. The van der Waals surface area contributed by atoms with Crippen LogP contribution in [0.1, 0.15) is 79.5 Å². The van der Waals surface area contributed by atoms with E-state index in [1.165, 1.54) is 5.56 Å². The monoisotopic (exact) mass is 591 g/mol. The topological polar surface area (TPSA) is 105 Å². The van der Waals surface area contributed by atoms with Crippen LogP contribution in [0, 0.1) is 19.8 Å². The van der Waals surface area contributed by atoms with E-state index < -0.39 is 0 Å². The third kappa shape index (κ3) is 6.37. The minimum atomic E-state index is -0.321. The van der Waals surface area contributed by atoms with E-state index in [0.29, 0.717) is 17.4 Å². The molecule has 2 bridgehead atoms. The number of rotatable bonds is 6. The van der Waals surface area contributed by atoms with E-state index in [-0.39, 0.29) is 29.4 Å². The van der Waals surface area contributed by atoms with Crippen LogP contribution in [0.25, 0.3) is 5.69 Å². The van der Waals surface area contributed by atoms with Gasteiger partial charge in [-0.1, -0.05) is 50.6 Å². The van der Waals surface area contributed by atoms with Gasteiger partial charge in [0.05, 0.1) is 23.3 Å². The zero-order valence-electron chi connectivity index (χ0n) is 26.2. The van der Waals surface area contributed by atoms with Gasteiger partial charge >= 0.3 is 6.03 Å². The standard InChI is InChI=1S/C35H41N7O2/c1-22-6-12-27(13-7-22)42-32(19-31(40-42)35(3,4)5)39-34(44)38-26-10-8-24(9-11-26)16-25-17-28-14-15-29(18-25)41(28)33(43)30-21-36-23(2)20-37-30/h6-13,19-21,25,28-29H,14-18H2,1-5H3,(H2,38,39,44). The summed E-state index contributed by atoms with van der Waals surface area (Å²) in [5, 5.41) is 10.8. The summed E-state index contributed by atoms with van der Waals surface area (Å²) in [6, 6.07) is 18.3. The highest BCUT2D eigenvalue weighted by atomic mass is 16.2. The van der Waals surface area contributed by atoms with Crippen molar-refractivity contribution < 1.29 is 9.59 Å². The molecule has 2 atom stereocenters. The molecule has 2 aromatic carbocycles. The van der Waals surface area contributed by atoms with E-state index in [1.807, 2.05) is 56.3 Å². The summed E-state index contributed by atoms with van der Waals surface area (Å²) in [4.78, 5) is 36.9. The number of anilines is 2. The predicted molar refractivity (Wildman–Crippen MR) is 172 cm³/mol. The summed E-state index contributed by atoms with van der Waals surface area (Å²) in [5.74, 6) is 1.14. The number of aryl methyl sites for hydroxylation is 2. The lowest BCUT2D eigenvalue weighted by atomic mass is 9.85. The highest BCUT2D eigenvalue weighted by molar-refractivity contribution is 5.99. The van der Waals surface area contributed by atoms with Gasteiger partial charge < -0.3 is 10.2 Å². The maximum Gasteiger partial charge on any atom is 0.324 e. The number of hydrogen-bond acceptors (Lipinski definition) is 5. The maximum atomic E-state index is 13.2. The van der Waals surface area contributed by atoms with E-state index in [9.17, 15) is 9.59 Å². The molecule has 0 saturated carbocycles. The average Bonchev–Trinajstić information content (AvgIpc) is 3.53. The van der Waals surface area contributed by atoms with Gasteiger partial charge in [0.25, 0.3) is 5.91 Å². The Kier molecular flexibility index (Phi) is 7.97. The number of fused-ring (bicyclic) bond motifs is 2. The van der Waals surface area contributed by atoms with Gasteiger partial charge in [-0.2, -0.15) is 5.10 Å². The molecule has 2 aliphatic heterocycles. The Bertz CT molecular complexity index is 1620. The number of benzene rings is 2. The summed E-state index contributed by atoms with van der Waals surface area (Å²) in [6.07, 6.45) is 8.30. The molecule has 0 spiro atoms. The van der Waals surface area contributed by atoms with Crippen LogP contribution in [-0.4, -0.2) is 48.7 Å². The van der Waals surface area contributed by atoms with E-state index in [0.717, 1.165) is 60.4 Å². The van der Waals surface area contributed by atoms with Gasteiger partial charge in [-0.05, 0) is 81.7 Å². The first-order valence-corrected chi connectivity index (χ1v) is 15.5. The SMILES string of the molecule is Cc1ccc(-n2nc(C(C)(C)C)cc2NC(=O)Nc2ccc(CC3CC4CCC(C3)N4C(=O)c3cnc(C)cn3)cc2)cc1. The molecule has 4 aromatic rings. The van der Waals surface area contributed by atoms with Crippen LogP contribution in [0.2, 0.25) is 0 Å². The molecule has 6 rings (SSSR count). The predicted octanol–water partition coefficient (Wildman–Crippen LogP) is 6.85. The van der Waals surface area contributed by atoms with Crippen molar-refractivity contribution in [2.45, 2.75) is 84.2 Å². The van der Waals surface area contributed by atoms with Gasteiger partial charge in [-0.25, -0.2) is 14.5 Å². The number of nitrogens with zero attached hydrogens (tertiary/aromatic N) is 5. The number of nitrogens with one attached hydrogen (secondary N) is 2. The molecule has 2 aliphatic rings. The molecular weight excluding hydrogens is 550 g/mol. The molecule has 228 valence electrons. The van der Waals surface area contributed by atoms with Gasteiger partial charge in [0.2, 0.25) is 0 Å². The highest BCUT2D eigenvalue weighted by Gasteiger charge is 2.43. The largest absolute Gasteiger partial charge is 0.331 e. The third-order valence-electron chi connectivity index (χ3n) is 8.80. The molecule has 0 aliphatic carbocycles. The van der Waals surface area contributed by atoms with Crippen LogP contribution in [0.15, 0.2) is 67.0 Å². The Labute approximate surface area is 259 Å². The average molecular weight is 592 g/mol. The lowest BCUT2D eigenvalue weighted by Gasteiger charge is -2.39. The summed E-state index contributed by atoms with van der Waals surface area (Å²) in [5.41, 5.74) is 5.98. The van der Waals surface area contributed by atoms with E-state index in [4.69, 9.17) is 5.10 Å². The maximum absolute atomic E-state index is 13.2. The van der Waals surface area contributed by atoms with Gasteiger partial charge in [0.1, 0.15) is 11.5 Å². The number of carbonyl (C=O) groups excluding carboxylic acids is 2. The number of aromatic nitrogens is 4. The smallest absolute Gasteiger partial charge is 0.324 e. The number of urea groups is 1. The van der Waals surface area contributed by atoms with Crippen molar-refractivity contribution in [3.05, 3.63) is 95.2 Å². The summed E-state index contributed by atoms with van der Waals surface area (Å²) in [7, 11) is 0. The molecule has 2 saturated heterocycles. The van der Waals surface area contributed by atoms with Gasteiger partial charge in [0.15, 0.2) is 0 Å². The normalized spacial score (nSPS) is 19.6. The van der Waals surface area contributed by atoms with Crippen molar-refractivity contribution in [1.82, 2.24) is 24.6 Å². The van der Waals surface area contributed by atoms with Crippen LogP contribution >= 0.6 is 0 Å².